The summed E-state index contributed by atoms with van der Waals surface area (Å²) in [5, 5.41) is 1.03. The van der Waals surface area contributed by atoms with Crippen molar-refractivity contribution >= 4 is 39.6 Å². The molecule has 2 saturated heterocycles. The zero-order valence-corrected chi connectivity index (χ0v) is 16.8. The molecule has 2 fully saturated rings. The topological polar surface area (TPSA) is 50.7 Å². The number of fused-ring (bicyclic) bond motifs is 1. The van der Waals surface area contributed by atoms with Crippen LogP contribution in [0.2, 0.25) is 0 Å². The second-order valence-electron chi connectivity index (χ2n) is 7.00. The first-order valence-corrected chi connectivity index (χ1v) is 9.63. The van der Waals surface area contributed by atoms with E-state index in [1.807, 2.05) is 12.1 Å². The van der Waals surface area contributed by atoms with Crippen molar-refractivity contribution in [3.63, 3.8) is 0 Å². The second kappa shape index (κ2) is 6.75. The van der Waals surface area contributed by atoms with Crippen LogP contribution in [0.5, 0.6) is 11.5 Å². The molecule has 3 heterocycles. The number of benzene rings is 1. The molecule has 2 aliphatic rings. The molecular weight excluding hydrogens is 431 g/mol. The lowest BCUT2D eigenvalue weighted by molar-refractivity contribution is 0.239. The molecule has 0 amide bonds. The van der Waals surface area contributed by atoms with Crippen LogP contribution >= 0.6 is 22.9 Å². The standard InChI is InChI=1S/C18H23IN4O2/c1-24-15-9-13-14(10-16(15)25-2)20-12-21-17(13)22-6-3-18(4-7-22)5-8-23(19)11-18/h9-10,12H,3-8,11H2,1-2H3. The fourth-order valence-corrected chi connectivity index (χ4v) is 5.07. The van der Waals surface area contributed by atoms with Crippen LogP contribution in [0.25, 0.3) is 10.9 Å². The average Bonchev–Trinajstić information content (AvgIpc) is 3.01. The zero-order chi connectivity index (χ0) is 17.4. The number of nitrogens with zero attached hydrogens (tertiary/aromatic N) is 4. The molecule has 0 unspecified atom stereocenters. The normalized spacial score (nSPS) is 20.4. The highest BCUT2D eigenvalue weighted by molar-refractivity contribution is 14.1. The van der Waals surface area contributed by atoms with E-state index >= 15 is 0 Å². The molecule has 1 aromatic heterocycles. The van der Waals surface area contributed by atoms with Gasteiger partial charge >= 0.3 is 0 Å². The molecule has 25 heavy (non-hydrogen) atoms. The molecular formula is C18H23IN4O2. The summed E-state index contributed by atoms with van der Waals surface area (Å²) in [7, 11) is 3.31. The Balaban J connectivity index is 1.63. The maximum Gasteiger partial charge on any atom is 0.162 e. The van der Waals surface area contributed by atoms with E-state index in [0.717, 1.165) is 35.6 Å². The van der Waals surface area contributed by atoms with Crippen LogP contribution in [-0.4, -0.2) is 53.5 Å². The molecule has 0 atom stereocenters. The van der Waals surface area contributed by atoms with Crippen LogP contribution in [0.15, 0.2) is 18.5 Å². The number of hydrogen-bond donors (Lipinski definition) is 0. The van der Waals surface area contributed by atoms with Gasteiger partial charge in [-0.2, -0.15) is 0 Å². The molecule has 2 aromatic rings. The maximum atomic E-state index is 5.47. The third-order valence-electron chi connectivity index (χ3n) is 5.63. The quantitative estimate of drug-likeness (QED) is 0.524. The largest absolute Gasteiger partial charge is 0.493 e. The average molecular weight is 454 g/mol. The monoisotopic (exact) mass is 454 g/mol. The Morgan fingerprint density at radius 3 is 2.32 bits per heavy atom. The molecule has 2 aliphatic heterocycles. The molecule has 134 valence electrons. The Bertz CT molecular complexity index is 777. The molecule has 0 N–H and O–H groups in total. The van der Waals surface area contributed by atoms with Crippen LogP contribution in [0.3, 0.4) is 0 Å². The number of aromatic nitrogens is 2. The van der Waals surface area contributed by atoms with Crippen molar-refractivity contribution in [3.8, 4) is 11.5 Å². The van der Waals surface area contributed by atoms with Crippen molar-refractivity contribution in [1.29, 1.82) is 0 Å². The summed E-state index contributed by atoms with van der Waals surface area (Å²) < 4.78 is 13.3. The predicted octanol–water partition coefficient (Wildman–Crippen LogP) is 3.29. The van der Waals surface area contributed by atoms with Gasteiger partial charge in [0.1, 0.15) is 12.1 Å². The summed E-state index contributed by atoms with van der Waals surface area (Å²) in [6.07, 6.45) is 5.42. The molecule has 4 rings (SSSR count). The highest BCUT2D eigenvalue weighted by atomic mass is 127. The third kappa shape index (κ3) is 3.12. The van der Waals surface area contributed by atoms with E-state index in [4.69, 9.17) is 9.47 Å². The summed E-state index contributed by atoms with van der Waals surface area (Å²) in [6.45, 7) is 4.53. The van der Waals surface area contributed by atoms with Gasteiger partial charge in [0.2, 0.25) is 0 Å². The number of piperidine rings is 1. The van der Waals surface area contributed by atoms with Crippen molar-refractivity contribution in [2.24, 2.45) is 5.41 Å². The Morgan fingerprint density at radius 2 is 1.68 bits per heavy atom. The van der Waals surface area contributed by atoms with Gasteiger partial charge in [0.15, 0.2) is 11.5 Å². The second-order valence-corrected chi connectivity index (χ2v) is 8.37. The number of methoxy groups -OCH3 is 2. The van der Waals surface area contributed by atoms with E-state index in [1.165, 1.54) is 32.4 Å². The first-order chi connectivity index (χ1) is 12.1. The highest BCUT2D eigenvalue weighted by Crippen LogP contribution is 2.43. The van der Waals surface area contributed by atoms with Gasteiger partial charge in [-0.3, -0.25) is 0 Å². The Hall–Kier alpha value is -1.35. The number of rotatable bonds is 3. The van der Waals surface area contributed by atoms with E-state index in [2.05, 4.69) is 40.8 Å². The molecule has 0 aliphatic carbocycles. The van der Waals surface area contributed by atoms with Crippen molar-refractivity contribution in [2.45, 2.75) is 19.3 Å². The molecule has 0 radical (unpaired) electrons. The van der Waals surface area contributed by atoms with E-state index in [-0.39, 0.29) is 0 Å². The van der Waals surface area contributed by atoms with Gasteiger partial charge in [-0.05, 0) is 30.7 Å². The van der Waals surface area contributed by atoms with Gasteiger partial charge in [-0.1, -0.05) is 0 Å². The summed E-state index contributed by atoms with van der Waals surface area (Å²) in [5.41, 5.74) is 1.39. The van der Waals surface area contributed by atoms with Crippen molar-refractivity contribution in [2.75, 3.05) is 45.3 Å². The van der Waals surface area contributed by atoms with Crippen molar-refractivity contribution < 1.29 is 9.47 Å². The minimum Gasteiger partial charge on any atom is -0.493 e. The van der Waals surface area contributed by atoms with E-state index in [9.17, 15) is 0 Å². The van der Waals surface area contributed by atoms with E-state index < -0.39 is 0 Å². The first-order valence-electron chi connectivity index (χ1n) is 8.66. The lowest BCUT2D eigenvalue weighted by Gasteiger charge is -2.39. The predicted molar refractivity (Wildman–Crippen MR) is 107 cm³/mol. The van der Waals surface area contributed by atoms with Crippen LogP contribution in [0.4, 0.5) is 5.82 Å². The highest BCUT2D eigenvalue weighted by Gasteiger charge is 2.40. The Morgan fingerprint density at radius 1 is 1.00 bits per heavy atom. The number of anilines is 1. The van der Waals surface area contributed by atoms with E-state index in [1.54, 1.807) is 20.5 Å². The molecule has 1 spiro atoms. The lowest BCUT2D eigenvalue weighted by Crippen LogP contribution is -2.41. The molecule has 0 bridgehead atoms. The Labute approximate surface area is 162 Å². The molecule has 1 aromatic carbocycles. The van der Waals surface area contributed by atoms with Gasteiger partial charge in [0.05, 0.1) is 19.7 Å². The Kier molecular flexibility index (Phi) is 4.61. The molecule has 0 saturated carbocycles. The molecule has 6 nitrogen and oxygen atoms in total. The fraction of sp³-hybridized carbons (Fsp3) is 0.556. The van der Waals surface area contributed by atoms with Crippen molar-refractivity contribution in [1.82, 2.24) is 13.1 Å². The smallest absolute Gasteiger partial charge is 0.162 e. The number of hydrogen-bond acceptors (Lipinski definition) is 6. The van der Waals surface area contributed by atoms with E-state index in [0.29, 0.717) is 11.2 Å². The van der Waals surface area contributed by atoms with Gasteiger partial charge in [-0.15, -0.1) is 0 Å². The summed E-state index contributed by atoms with van der Waals surface area (Å²) in [6, 6.07) is 3.92. The maximum absolute atomic E-state index is 5.47. The lowest BCUT2D eigenvalue weighted by atomic mass is 9.78. The van der Waals surface area contributed by atoms with Crippen LogP contribution < -0.4 is 14.4 Å². The minimum atomic E-state index is 0.501. The van der Waals surface area contributed by atoms with Gasteiger partial charge in [0.25, 0.3) is 0 Å². The third-order valence-corrected chi connectivity index (χ3v) is 6.46. The van der Waals surface area contributed by atoms with Crippen LogP contribution in [-0.2, 0) is 0 Å². The SMILES string of the molecule is COc1cc2ncnc(N3CCC4(CCN(I)C4)CC3)c2cc1OC. The van der Waals surface area contributed by atoms with Gasteiger partial charge in [0, 0.05) is 60.5 Å². The first kappa shape index (κ1) is 17.1. The van der Waals surface area contributed by atoms with Gasteiger partial charge in [-0.25, -0.2) is 13.1 Å². The number of halogens is 1. The summed E-state index contributed by atoms with van der Waals surface area (Å²) >= 11 is 2.46. The minimum absolute atomic E-state index is 0.501. The number of ether oxygens (including phenoxy) is 2. The summed E-state index contributed by atoms with van der Waals surface area (Å²) in [5.74, 6) is 2.42. The fourth-order valence-electron chi connectivity index (χ4n) is 4.10. The summed E-state index contributed by atoms with van der Waals surface area (Å²) in [4.78, 5) is 11.4. The molecule has 7 heteroatoms. The zero-order valence-electron chi connectivity index (χ0n) is 14.7. The van der Waals surface area contributed by atoms with Gasteiger partial charge < -0.3 is 14.4 Å². The van der Waals surface area contributed by atoms with Crippen molar-refractivity contribution in [3.05, 3.63) is 18.5 Å². The van der Waals surface area contributed by atoms with Crippen LogP contribution in [0.1, 0.15) is 19.3 Å². The van der Waals surface area contributed by atoms with Crippen LogP contribution in [0, 0.1) is 5.41 Å².